The molecule has 4 atom stereocenters. The maximum absolute atomic E-state index is 11.5. The van der Waals surface area contributed by atoms with Crippen LogP contribution in [0.4, 0.5) is 5.82 Å². The van der Waals surface area contributed by atoms with E-state index < -0.39 is 42.8 Å². The highest BCUT2D eigenvalue weighted by Gasteiger charge is 2.43. The highest BCUT2D eigenvalue weighted by molar-refractivity contribution is 5.80. The molecule has 0 saturated carbocycles. The molecule has 0 amide bonds. The summed E-state index contributed by atoms with van der Waals surface area (Å²) in [5, 5.41) is 36.2. The number of ketones is 1. The van der Waals surface area contributed by atoms with Crippen LogP contribution in [0.2, 0.25) is 0 Å². The summed E-state index contributed by atoms with van der Waals surface area (Å²) < 4.78 is 6.19. The van der Waals surface area contributed by atoms with E-state index in [0.717, 1.165) is 4.57 Å². The van der Waals surface area contributed by atoms with E-state index in [0.29, 0.717) is 0 Å². The van der Waals surface area contributed by atoms with Crippen molar-refractivity contribution in [3.8, 4) is 0 Å². The molecule has 1 aromatic rings. The van der Waals surface area contributed by atoms with Gasteiger partial charge in [0.1, 0.15) is 29.9 Å². The first-order valence-corrected chi connectivity index (χ1v) is 7.35. The van der Waals surface area contributed by atoms with Gasteiger partial charge in [0.25, 0.3) is 0 Å². The Morgan fingerprint density at radius 1 is 1.32 bits per heavy atom. The van der Waals surface area contributed by atoms with Gasteiger partial charge < -0.3 is 35.7 Å². The van der Waals surface area contributed by atoms with Crippen LogP contribution in [0.3, 0.4) is 0 Å². The van der Waals surface area contributed by atoms with Crippen LogP contribution in [0.25, 0.3) is 0 Å². The topological polar surface area (TPSA) is 185 Å². The van der Waals surface area contributed by atoms with Gasteiger partial charge in [0.15, 0.2) is 6.23 Å². The Bertz CT molecular complexity index is 648. The Hall–Kier alpha value is -2.34. The van der Waals surface area contributed by atoms with Crippen molar-refractivity contribution in [3.63, 3.8) is 0 Å². The summed E-state index contributed by atoms with van der Waals surface area (Å²) in [6, 6.07) is 1.37. The number of carbonyl (C=O) groups is 2. The van der Waals surface area contributed by atoms with Crippen molar-refractivity contribution in [2.45, 2.75) is 44.3 Å². The average molecular weight is 359 g/mol. The number of hydrogen-bond donors (Lipinski definition) is 5. The number of carboxylic acids is 1. The number of aliphatic hydroxyl groups excluding tert-OH is 3. The van der Waals surface area contributed by atoms with Crippen LogP contribution in [0.15, 0.2) is 17.1 Å². The maximum atomic E-state index is 11.5. The second-order valence-electron chi connectivity index (χ2n) is 5.37. The van der Waals surface area contributed by atoms with Gasteiger partial charge in [0, 0.05) is 12.6 Å². The van der Waals surface area contributed by atoms with Gasteiger partial charge in [-0.15, -0.1) is 0 Å². The van der Waals surface area contributed by atoms with Crippen LogP contribution in [-0.2, 0) is 14.3 Å². The van der Waals surface area contributed by atoms with E-state index >= 15 is 0 Å². The van der Waals surface area contributed by atoms with Gasteiger partial charge in [0.2, 0.25) is 0 Å². The number of aliphatic carboxylic acids is 1. The summed E-state index contributed by atoms with van der Waals surface area (Å²) in [7, 11) is 0. The number of aromatic nitrogens is 2. The number of nitrogens with two attached hydrogens (primary N) is 1. The van der Waals surface area contributed by atoms with Crippen molar-refractivity contribution < 1.29 is 34.8 Å². The molecule has 0 spiro atoms. The van der Waals surface area contributed by atoms with E-state index in [1.807, 2.05) is 0 Å². The highest BCUT2D eigenvalue weighted by Crippen LogP contribution is 2.27. The van der Waals surface area contributed by atoms with Gasteiger partial charge in [-0.2, -0.15) is 4.98 Å². The first kappa shape index (κ1) is 20.7. The molecule has 140 valence electrons. The number of nitrogen functional groups attached to an aromatic ring is 1. The molecule has 11 heteroatoms. The lowest BCUT2D eigenvalue weighted by Crippen LogP contribution is -2.36. The third-order valence-corrected chi connectivity index (χ3v) is 3.33. The molecule has 2 heterocycles. The molecule has 11 nitrogen and oxygen atoms in total. The Morgan fingerprint density at radius 2 is 1.96 bits per heavy atom. The van der Waals surface area contributed by atoms with Crippen molar-refractivity contribution >= 4 is 17.6 Å². The minimum atomic E-state index is -1.31. The first-order valence-electron chi connectivity index (χ1n) is 7.35. The maximum Gasteiger partial charge on any atom is 0.351 e. The molecule has 0 aromatic carbocycles. The number of anilines is 1. The van der Waals surface area contributed by atoms with Crippen molar-refractivity contribution in [3.05, 3.63) is 22.7 Å². The molecule has 1 saturated heterocycles. The summed E-state index contributed by atoms with van der Waals surface area (Å²) in [5.74, 6) is -0.939. The average Bonchev–Trinajstić information content (AvgIpc) is 2.81. The van der Waals surface area contributed by atoms with Crippen LogP contribution in [-0.4, -0.2) is 66.6 Å². The standard InChI is InChI=1S/C9H13N3O5.C5H8O3/c10-5-1-2-12(9(16)11-5)8-7(15)6(14)4(3-13)17-8;1-4(6)2-3-5(7)8/h1-2,4,6-8,13-15H,3H2,(H2,10,11,16);2-3H2,1H3,(H,7,8)/t4-,6-,7+,8-;/m1./s1. The summed E-state index contributed by atoms with van der Waals surface area (Å²) in [5.41, 5.74) is 4.63. The fourth-order valence-corrected chi connectivity index (χ4v) is 2.01. The minimum absolute atomic E-state index is 0.0463. The fourth-order valence-electron chi connectivity index (χ4n) is 2.01. The molecule has 6 N–H and O–H groups in total. The number of aliphatic hydroxyl groups is 3. The summed E-state index contributed by atoms with van der Waals surface area (Å²) in [6.45, 7) is 0.925. The number of Topliss-reactive ketones (excluding diaryl/α,β-unsaturated/α-hetero) is 1. The van der Waals surface area contributed by atoms with Crippen LogP contribution >= 0.6 is 0 Å². The SMILES string of the molecule is CC(=O)CCC(=O)O.Nc1ccn([C@@H]2O[C@H](CO)[C@@H](O)[C@@H]2O)c(=O)n1. The molecular formula is C14H21N3O8. The third kappa shape index (κ3) is 5.90. The summed E-state index contributed by atoms with van der Waals surface area (Å²) >= 11 is 0. The number of hydrogen-bond acceptors (Lipinski definition) is 9. The zero-order chi connectivity index (χ0) is 19.1. The third-order valence-electron chi connectivity index (χ3n) is 3.33. The molecule has 1 aliphatic rings. The zero-order valence-electron chi connectivity index (χ0n) is 13.5. The second-order valence-corrected chi connectivity index (χ2v) is 5.37. The number of rotatable bonds is 5. The predicted molar refractivity (Wildman–Crippen MR) is 83.5 cm³/mol. The van der Waals surface area contributed by atoms with E-state index in [1.165, 1.54) is 19.2 Å². The van der Waals surface area contributed by atoms with Gasteiger partial charge in [0.05, 0.1) is 13.0 Å². The zero-order valence-corrected chi connectivity index (χ0v) is 13.5. The van der Waals surface area contributed by atoms with Crippen LogP contribution < -0.4 is 11.4 Å². The molecule has 0 aliphatic carbocycles. The van der Waals surface area contributed by atoms with E-state index in [1.54, 1.807) is 0 Å². The largest absolute Gasteiger partial charge is 0.481 e. The number of carbonyl (C=O) groups excluding carboxylic acids is 1. The monoisotopic (exact) mass is 359 g/mol. The number of ether oxygens (including phenoxy) is 1. The number of nitrogens with zero attached hydrogens (tertiary/aromatic N) is 2. The second kappa shape index (κ2) is 9.22. The Balaban J connectivity index is 0.000000333. The normalized spacial score (nSPS) is 25.1. The lowest BCUT2D eigenvalue weighted by atomic mass is 10.1. The summed E-state index contributed by atoms with van der Waals surface area (Å²) in [6.07, 6.45) is -3.16. The van der Waals surface area contributed by atoms with Crippen molar-refractivity contribution in [2.75, 3.05) is 12.3 Å². The Labute approximate surface area is 142 Å². The number of carboxylic acid groups (broad SMARTS) is 1. The van der Waals surface area contributed by atoms with E-state index in [9.17, 15) is 24.6 Å². The van der Waals surface area contributed by atoms with Gasteiger partial charge in [-0.1, -0.05) is 0 Å². The van der Waals surface area contributed by atoms with Gasteiger partial charge in [-0.25, -0.2) is 4.79 Å². The van der Waals surface area contributed by atoms with Gasteiger partial charge >= 0.3 is 11.7 Å². The molecule has 0 unspecified atom stereocenters. The Morgan fingerprint density at radius 3 is 2.36 bits per heavy atom. The van der Waals surface area contributed by atoms with Crippen LogP contribution in [0.1, 0.15) is 26.0 Å². The van der Waals surface area contributed by atoms with Crippen LogP contribution in [0, 0.1) is 0 Å². The molecule has 1 aliphatic heterocycles. The minimum Gasteiger partial charge on any atom is -0.481 e. The van der Waals surface area contributed by atoms with Gasteiger partial charge in [-0.3, -0.25) is 9.36 Å². The van der Waals surface area contributed by atoms with E-state index in [2.05, 4.69) is 4.98 Å². The van der Waals surface area contributed by atoms with E-state index in [-0.39, 0.29) is 24.4 Å². The summed E-state index contributed by atoms with van der Waals surface area (Å²) in [4.78, 5) is 34.8. The fraction of sp³-hybridized carbons (Fsp3) is 0.571. The molecule has 2 rings (SSSR count). The predicted octanol–water partition coefficient (Wildman–Crippen LogP) is -2.12. The highest BCUT2D eigenvalue weighted by atomic mass is 16.6. The smallest absolute Gasteiger partial charge is 0.351 e. The van der Waals surface area contributed by atoms with E-state index in [4.69, 9.17) is 20.7 Å². The Kier molecular flexibility index (Phi) is 7.64. The van der Waals surface area contributed by atoms with Crippen LogP contribution in [0.5, 0.6) is 0 Å². The molecule has 0 bridgehead atoms. The molecule has 1 aromatic heterocycles. The van der Waals surface area contributed by atoms with Crippen molar-refractivity contribution in [2.24, 2.45) is 0 Å². The molecule has 1 fully saturated rings. The molecular weight excluding hydrogens is 338 g/mol. The van der Waals surface area contributed by atoms with Crippen molar-refractivity contribution in [1.29, 1.82) is 0 Å². The van der Waals surface area contributed by atoms with Crippen molar-refractivity contribution in [1.82, 2.24) is 9.55 Å². The van der Waals surface area contributed by atoms with Gasteiger partial charge in [-0.05, 0) is 13.0 Å². The quantitative estimate of drug-likeness (QED) is 0.389. The lowest BCUT2D eigenvalue weighted by Gasteiger charge is -2.16. The first-order chi connectivity index (χ1) is 11.7. The lowest BCUT2D eigenvalue weighted by molar-refractivity contribution is -0.138. The molecule has 0 radical (unpaired) electrons. The molecule has 25 heavy (non-hydrogen) atoms.